The van der Waals surface area contributed by atoms with Crippen LogP contribution in [0.25, 0.3) is 0 Å². The molecule has 0 atom stereocenters. The van der Waals surface area contributed by atoms with Gasteiger partial charge in [0.1, 0.15) is 0 Å². The summed E-state index contributed by atoms with van der Waals surface area (Å²) in [7, 11) is 0. The fourth-order valence-electron chi connectivity index (χ4n) is 1.31. The molecule has 0 bridgehead atoms. The van der Waals surface area contributed by atoms with Crippen LogP contribution in [0.4, 0.5) is 0 Å². The molecule has 0 saturated carbocycles. The highest BCUT2D eigenvalue weighted by Gasteiger charge is 2.07. The van der Waals surface area contributed by atoms with Crippen molar-refractivity contribution >= 4 is 0 Å². The second kappa shape index (κ2) is 6.37. The molecule has 72 valence electrons. The molecule has 3 N–H and O–H groups in total. The predicted octanol–water partition coefficient (Wildman–Crippen LogP) is -1.13. The lowest BCUT2D eigenvalue weighted by atomic mass is 10.4. The van der Waals surface area contributed by atoms with E-state index in [2.05, 4.69) is 10.2 Å². The van der Waals surface area contributed by atoms with Gasteiger partial charge in [0, 0.05) is 39.3 Å². The van der Waals surface area contributed by atoms with Crippen molar-refractivity contribution in [3.63, 3.8) is 0 Å². The summed E-state index contributed by atoms with van der Waals surface area (Å²) < 4.78 is 5.30. The van der Waals surface area contributed by atoms with Gasteiger partial charge in [0.15, 0.2) is 0 Å². The molecule has 0 radical (unpaired) electrons. The zero-order chi connectivity index (χ0) is 8.65. The summed E-state index contributed by atoms with van der Waals surface area (Å²) >= 11 is 0. The fraction of sp³-hybridized carbons (Fsp3) is 1.00. The lowest BCUT2D eigenvalue weighted by Gasteiger charge is -2.26. The molecule has 12 heavy (non-hydrogen) atoms. The maximum atomic E-state index is 5.30. The quantitative estimate of drug-likeness (QED) is 0.516. The number of rotatable bonds is 5. The third-order valence-electron chi connectivity index (χ3n) is 2.02. The zero-order valence-corrected chi connectivity index (χ0v) is 7.59. The SMILES string of the molecule is NCCOCCN1CCNCC1. The molecule has 0 aromatic heterocycles. The normalized spacial score (nSPS) is 19.8. The van der Waals surface area contributed by atoms with Crippen molar-refractivity contribution < 1.29 is 4.74 Å². The minimum Gasteiger partial charge on any atom is -0.379 e. The summed E-state index contributed by atoms with van der Waals surface area (Å²) in [5.41, 5.74) is 5.30. The number of ether oxygens (including phenoxy) is 1. The van der Waals surface area contributed by atoms with Gasteiger partial charge < -0.3 is 15.8 Å². The average Bonchev–Trinajstić information content (AvgIpc) is 2.14. The molecule has 1 aliphatic heterocycles. The predicted molar refractivity (Wildman–Crippen MR) is 49.2 cm³/mol. The van der Waals surface area contributed by atoms with Crippen molar-refractivity contribution in [1.29, 1.82) is 0 Å². The lowest BCUT2D eigenvalue weighted by molar-refractivity contribution is 0.104. The van der Waals surface area contributed by atoms with Gasteiger partial charge in [-0.05, 0) is 0 Å². The highest BCUT2D eigenvalue weighted by molar-refractivity contribution is 4.66. The van der Waals surface area contributed by atoms with E-state index in [4.69, 9.17) is 10.5 Å². The summed E-state index contributed by atoms with van der Waals surface area (Å²) in [6.45, 7) is 7.68. The summed E-state index contributed by atoms with van der Waals surface area (Å²) in [5.74, 6) is 0. The van der Waals surface area contributed by atoms with Crippen LogP contribution in [0.5, 0.6) is 0 Å². The second-order valence-corrected chi connectivity index (χ2v) is 2.99. The summed E-state index contributed by atoms with van der Waals surface area (Å²) in [6.07, 6.45) is 0. The van der Waals surface area contributed by atoms with Gasteiger partial charge in [0.2, 0.25) is 0 Å². The molecule has 1 rings (SSSR count). The molecule has 0 aromatic carbocycles. The van der Waals surface area contributed by atoms with E-state index in [0.717, 1.165) is 39.3 Å². The maximum Gasteiger partial charge on any atom is 0.0594 e. The molecule has 4 heteroatoms. The third kappa shape index (κ3) is 4.01. The van der Waals surface area contributed by atoms with Crippen LogP contribution in [-0.4, -0.2) is 57.4 Å². The van der Waals surface area contributed by atoms with Crippen LogP contribution in [0.2, 0.25) is 0 Å². The summed E-state index contributed by atoms with van der Waals surface area (Å²) in [6, 6.07) is 0. The van der Waals surface area contributed by atoms with Gasteiger partial charge in [0.25, 0.3) is 0 Å². The van der Waals surface area contributed by atoms with Crippen molar-refractivity contribution in [2.75, 3.05) is 52.5 Å². The van der Waals surface area contributed by atoms with E-state index in [0.29, 0.717) is 13.2 Å². The van der Waals surface area contributed by atoms with Crippen molar-refractivity contribution in [3.05, 3.63) is 0 Å². The molecule has 0 amide bonds. The lowest BCUT2D eigenvalue weighted by Crippen LogP contribution is -2.44. The molecular weight excluding hydrogens is 154 g/mol. The van der Waals surface area contributed by atoms with Gasteiger partial charge in [-0.15, -0.1) is 0 Å². The summed E-state index contributed by atoms with van der Waals surface area (Å²) in [4.78, 5) is 2.41. The number of hydrogen-bond donors (Lipinski definition) is 2. The van der Waals surface area contributed by atoms with E-state index in [1.165, 1.54) is 0 Å². The highest BCUT2D eigenvalue weighted by Crippen LogP contribution is 1.90. The Balaban J connectivity index is 1.91. The van der Waals surface area contributed by atoms with Crippen LogP contribution in [0, 0.1) is 0 Å². The minimum atomic E-state index is 0.627. The molecule has 1 aliphatic rings. The smallest absolute Gasteiger partial charge is 0.0594 e. The topological polar surface area (TPSA) is 50.5 Å². The molecule has 0 spiro atoms. The molecule has 0 unspecified atom stereocenters. The van der Waals surface area contributed by atoms with Gasteiger partial charge in [-0.2, -0.15) is 0 Å². The number of hydrogen-bond acceptors (Lipinski definition) is 4. The molecule has 1 heterocycles. The molecule has 4 nitrogen and oxygen atoms in total. The number of nitrogens with one attached hydrogen (secondary N) is 1. The Morgan fingerprint density at radius 2 is 2.00 bits per heavy atom. The number of piperazine rings is 1. The Hall–Kier alpha value is -0.160. The first kappa shape index (κ1) is 9.92. The second-order valence-electron chi connectivity index (χ2n) is 2.99. The third-order valence-corrected chi connectivity index (χ3v) is 2.02. The summed E-state index contributed by atoms with van der Waals surface area (Å²) in [5, 5.41) is 3.31. The Morgan fingerprint density at radius 1 is 1.25 bits per heavy atom. The standard InChI is InChI=1S/C8H19N3O/c9-1-7-12-8-6-11-4-2-10-3-5-11/h10H,1-9H2. The Bertz CT molecular complexity index is 104. The van der Waals surface area contributed by atoms with Crippen LogP contribution < -0.4 is 11.1 Å². The van der Waals surface area contributed by atoms with Gasteiger partial charge in [-0.3, -0.25) is 4.90 Å². The molecule has 0 aliphatic carbocycles. The largest absolute Gasteiger partial charge is 0.379 e. The molecule has 1 fully saturated rings. The maximum absolute atomic E-state index is 5.30. The molecule has 0 aromatic rings. The molecular formula is C8H19N3O. The van der Waals surface area contributed by atoms with Crippen molar-refractivity contribution in [3.8, 4) is 0 Å². The first-order chi connectivity index (χ1) is 5.93. The van der Waals surface area contributed by atoms with E-state index in [-0.39, 0.29) is 0 Å². The monoisotopic (exact) mass is 173 g/mol. The van der Waals surface area contributed by atoms with Crippen molar-refractivity contribution in [2.24, 2.45) is 5.73 Å². The first-order valence-corrected chi connectivity index (χ1v) is 4.64. The van der Waals surface area contributed by atoms with Crippen molar-refractivity contribution in [2.45, 2.75) is 0 Å². The van der Waals surface area contributed by atoms with E-state index in [9.17, 15) is 0 Å². The van der Waals surface area contributed by atoms with Crippen LogP contribution in [0.15, 0.2) is 0 Å². The zero-order valence-electron chi connectivity index (χ0n) is 7.59. The van der Waals surface area contributed by atoms with Crippen LogP contribution in [0.1, 0.15) is 0 Å². The van der Waals surface area contributed by atoms with Crippen LogP contribution in [0.3, 0.4) is 0 Å². The van der Waals surface area contributed by atoms with Gasteiger partial charge in [-0.1, -0.05) is 0 Å². The van der Waals surface area contributed by atoms with E-state index in [1.54, 1.807) is 0 Å². The van der Waals surface area contributed by atoms with Gasteiger partial charge >= 0.3 is 0 Å². The first-order valence-electron chi connectivity index (χ1n) is 4.64. The Labute approximate surface area is 74.1 Å². The van der Waals surface area contributed by atoms with Crippen LogP contribution in [-0.2, 0) is 4.74 Å². The van der Waals surface area contributed by atoms with Crippen molar-refractivity contribution in [1.82, 2.24) is 10.2 Å². The van der Waals surface area contributed by atoms with E-state index in [1.807, 2.05) is 0 Å². The number of nitrogens with zero attached hydrogens (tertiary/aromatic N) is 1. The minimum absolute atomic E-state index is 0.627. The van der Waals surface area contributed by atoms with E-state index < -0.39 is 0 Å². The Morgan fingerprint density at radius 3 is 2.67 bits per heavy atom. The average molecular weight is 173 g/mol. The highest BCUT2D eigenvalue weighted by atomic mass is 16.5. The Kier molecular flexibility index (Phi) is 5.27. The number of nitrogens with two attached hydrogens (primary N) is 1. The fourth-order valence-corrected chi connectivity index (χ4v) is 1.31. The van der Waals surface area contributed by atoms with E-state index >= 15 is 0 Å². The van der Waals surface area contributed by atoms with Gasteiger partial charge in [-0.25, -0.2) is 0 Å². The van der Waals surface area contributed by atoms with Gasteiger partial charge in [0.05, 0.1) is 13.2 Å². The van der Waals surface area contributed by atoms with Crippen LogP contribution >= 0.6 is 0 Å². The molecule has 1 saturated heterocycles.